The molecule has 0 unspecified atom stereocenters. The average Bonchev–Trinajstić information content (AvgIpc) is 2.83. The zero-order valence-electron chi connectivity index (χ0n) is 18.4. The number of hydrogen-bond acceptors (Lipinski definition) is 6. The van der Waals surface area contributed by atoms with E-state index in [0.717, 1.165) is 0 Å². The molecule has 0 fully saturated rings. The highest BCUT2D eigenvalue weighted by Gasteiger charge is 2.15. The first-order valence-corrected chi connectivity index (χ1v) is 11.8. The van der Waals surface area contributed by atoms with E-state index in [4.69, 9.17) is 14.2 Å². The lowest BCUT2D eigenvalue weighted by atomic mass is 10.2. The van der Waals surface area contributed by atoms with Crippen molar-refractivity contribution in [1.82, 2.24) is 0 Å². The van der Waals surface area contributed by atoms with E-state index >= 15 is 0 Å². The summed E-state index contributed by atoms with van der Waals surface area (Å²) in [4.78, 5) is 12.7. The monoisotopic (exact) mass is 470 g/mol. The summed E-state index contributed by atoms with van der Waals surface area (Å²) in [6.07, 6.45) is 0. The Hall–Kier alpha value is -3.56. The number of amides is 1. The molecule has 3 aromatic rings. The Morgan fingerprint density at radius 3 is 2.24 bits per heavy atom. The highest BCUT2D eigenvalue weighted by molar-refractivity contribution is 7.92. The van der Waals surface area contributed by atoms with Gasteiger partial charge in [0.05, 0.1) is 18.6 Å². The van der Waals surface area contributed by atoms with Crippen molar-refractivity contribution in [3.8, 4) is 11.5 Å². The Morgan fingerprint density at radius 2 is 1.58 bits per heavy atom. The largest absolute Gasteiger partial charge is 0.497 e. The smallest absolute Gasteiger partial charge is 0.261 e. The quantitative estimate of drug-likeness (QED) is 0.408. The molecule has 33 heavy (non-hydrogen) atoms. The second-order valence-electron chi connectivity index (χ2n) is 6.89. The van der Waals surface area contributed by atoms with Gasteiger partial charge in [-0.1, -0.05) is 6.07 Å². The van der Waals surface area contributed by atoms with Crippen LogP contribution >= 0.6 is 0 Å². The fraction of sp³-hybridized carbons (Fsp3) is 0.208. The van der Waals surface area contributed by atoms with Crippen LogP contribution in [0.15, 0.2) is 77.7 Å². The molecule has 174 valence electrons. The molecule has 3 rings (SSSR count). The second-order valence-corrected chi connectivity index (χ2v) is 8.57. The van der Waals surface area contributed by atoms with Crippen molar-refractivity contribution in [3.05, 3.63) is 78.4 Å². The van der Waals surface area contributed by atoms with Gasteiger partial charge in [0.1, 0.15) is 18.1 Å². The van der Waals surface area contributed by atoms with Gasteiger partial charge in [-0.2, -0.15) is 0 Å². The maximum absolute atomic E-state index is 12.6. The molecule has 0 saturated carbocycles. The molecule has 0 atom stereocenters. The summed E-state index contributed by atoms with van der Waals surface area (Å²) in [5.41, 5.74) is 1.30. The molecule has 0 radical (unpaired) electrons. The number of ether oxygens (including phenoxy) is 3. The fourth-order valence-electron chi connectivity index (χ4n) is 2.88. The van der Waals surface area contributed by atoms with Gasteiger partial charge in [0.15, 0.2) is 0 Å². The van der Waals surface area contributed by atoms with Crippen molar-refractivity contribution in [3.63, 3.8) is 0 Å². The van der Waals surface area contributed by atoms with Crippen LogP contribution in [0, 0.1) is 0 Å². The molecule has 9 heteroatoms. The number of hydrogen-bond donors (Lipinski definition) is 2. The van der Waals surface area contributed by atoms with Crippen molar-refractivity contribution >= 4 is 27.3 Å². The fourth-order valence-corrected chi connectivity index (χ4v) is 3.94. The van der Waals surface area contributed by atoms with Gasteiger partial charge in [0.2, 0.25) is 0 Å². The van der Waals surface area contributed by atoms with Crippen molar-refractivity contribution in [1.29, 1.82) is 0 Å². The standard InChI is InChI=1S/C24H26N2O6S/c1-3-31-15-16-32-22-6-4-5-18(17-22)24(27)25-19-9-13-23(14-10-19)33(28,29)26-20-7-11-21(30-2)12-8-20/h4-14,17,26H,3,15-16H2,1-2H3,(H,25,27). The summed E-state index contributed by atoms with van der Waals surface area (Å²) in [5.74, 6) is 0.853. The van der Waals surface area contributed by atoms with Crippen LogP contribution in [0.4, 0.5) is 11.4 Å². The second kappa shape index (κ2) is 11.3. The third-order valence-electron chi connectivity index (χ3n) is 4.56. The summed E-state index contributed by atoms with van der Waals surface area (Å²) >= 11 is 0. The number of carbonyl (C=O) groups excluding carboxylic acids is 1. The van der Waals surface area contributed by atoms with Gasteiger partial charge in [-0.25, -0.2) is 8.42 Å². The van der Waals surface area contributed by atoms with E-state index in [2.05, 4.69) is 10.0 Å². The number of carbonyl (C=O) groups is 1. The van der Waals surface area contributed by atoms with Crippen molar-refractivity contribution in [2.24, 2.45) is 0 Å². The summed E-state index contributed by atoms with van der Waals surface area (Å²) < 4.78 is 43.6. The van der Waals surface area contributed by atoms with Crippen LogP contribution in [0.2, 0.25) is 0 Å². The maximum Gasteiger partial charge on any atom is 0.261 e. The van der Waals surface area contributed by atoms with E-state index < -0.39 is 10.0 Å². The average molecular weight is 471 g/mol. The minimum absolute atomic E-state index is 0.0704. The van der Waals surface area contributed by atoms with E-state index in [-0.39, 0.29) is 10.8 Å². The Morgan fingerprint density at radius 1 is 0.879 bits per heavy atom. The first kappa shape index (κ1) is 24.1. The predicted octanol–water partition coefficient (Wildman–Crippen LogP) is 4.16. The first-order chi connectivity index (χ1) is 15.9. The highest BCUT2D eigenvalue weighted by atomic mass is 32.2. The van der Waals surface area contributed by atoms with Gasteiger partial charge in [0, 0.05) is 23.5 Å². The lowest BCUT2D eigenvalue weighted by Gasteiger charge is -2.11. The summed E-state index contributed by atoms with van der Waals surface area (Å²) in [7, 11) is -2.24. The van der Waals surface area contributed by atoms with Crippen LogP contribution in [0.5, 0.6) is 11.5 Å². The molecule has 1 amide bonds. The number of sulfonamides is 1. The minimum Gasteiger partial charge on any atom is -0.497 e. The molecule has 3 aromatic carbocycles. The summed E-state index contributed by atoms with van der Waals surface area (Å²) in [6, 6.07) is 19.3. The van der Waals surface area contributed by atoms with Crippen LogP contribution in [-0.4, -0.2) is 41.3 Å². The van der Waals surface area contributed by atoms with E-state index in [9.17, 15) is 13.2 Å². The zero-order chi connectivity index (χ0) is 23.7. The highest BCUT2D eigenvalue weighted by Crippen LogP contribution is 2.21. The number of anilines is 2. The molecule has 0 aromatic heterocycles. The summed E-state index contributed by atoms with van der Waals surface area (Å²) in [5, 5.41) is 2.75. The van der Waals surface area contributed by atoms with E-state index in [1.165, 1.54) is 31.4 Å². The lowest BCUT2D eigenvalue weighted by molar-refractivity contribution is 0.102. The van der Waals surface area contributed by atoms with E-state index in [1.807, 2.05) is 6.92 Å². The molecular formula is C24H26N2O6S. The third-order valence-corrected chi connectivity index (χ3v) is 5.96. The first-order valence-electron chi connectivity index (χ1n) is 10.3. The van der Waals surface area contributed by atoms with Crippen molar-refractivity contribution in [2.45, 2.75) is 11.8 Å². The van der Waals surface area contributed by atoms with Gasteiger partial charge >= 0.3 is 0 Å². The van der Waals surface area contributed by atoms with Crippen molar-refractivity contribution in [2.75, 3.05) is 37.0 Å². The molecule has 0 bridgehead atoms. The number of benzene rings is 3. The SMILES string of the molecule is CCOCCOc1cccc(C(=O)Nc2ccc(S(=O)(=O)Nc3ccc(OC)cc3)cc2)c1. The van der Waals surface area contributed by atoms with Gasteiger partial charge in [-0.15, -0.1) is 0 Å². The van der Waals surface area contributed by atoms with Crippen LogP contribution in [0.3, 0.4) is 0 Å². The minimum atomic E-state index is -3.78. The normalized spacial score (nSPS) is 11.0. The Balaban J connectivity index is 1.62. The third kappa shape index (κ3) is 6.96. The molecule has 0 aliphatic carbocycles. The molecule has 0 aliphatic rings. The summed E-state index contributed by atoms with van der Waals surface area (Å²) in [6.45, 7) is 3.38. The van der Waals surface area contributed by atoms with Crippen LogP contribution < -0.4 is 19.5 Å². The molecule has 0 heterocycles. The molecule has 0 aliphatic heterocycles. The Kier molecular flexibility index (Phi) is 8.28. The lowest BCUT2D eigenvalue weighted by Crippen LogP contribution is -2.14. The molecule has 8 nitrogen and oxygen atoms in total. The van der Waals surface area contributed by atoms with Gasteiger partial charge in [0.25, 0.3) is 15.9 Å². The number of methoxy groups -OCH3 is 1. The van der Waals surface area contributed by atoms with Gasteiger partial charge < -0.3 is 19.5 Å². The topological polar surface area (TPSA) is 103 Å². The molecule has 2 N–H and O–H groups in total. The van der Waals surface area contributed by atoms with Crippen LogP contribution in [0.25, 0.3) is 0 Å². The van der Waals surface area contributed by atoms with E-state index in [0.29, 0.717) is 48.3 Å². The van der Waals surface area contributed by atoms with Crippen molar-refractivity contribution < 1.29 is 27.4 Å². The number of nitrogens with one attached hydrogen (secondary N) is 2. The van der Waals surface area contributed by atoms with E-state index in [1.54, 1.807) is 48.5 Å². The maximum atomic E-state index is 12.6. The van der Waals surface area contributed by atoms with Gasteiger partial charge in [-0.05, 0) is 73.7 Å². The van der Waals surface area contributed by atoms with Gasteiger partial charge in [-0.3, -0.25) is 9.52 Å². The number of rotatable bonds is 11. The van der Waals surface area contributed by atoms with Crippen LogP contribution in [-0.2, 0) is 14.8 Å². The predicted molar refractivity (Wildman–Crippen MR) is 127 cm³/mol. The molecule has 0 spiro atoms. The van der Waals surface area contributed by atoms with Crippen LogP contribution in [0.1, 0.15) is 17.3 Å². The Bertz CT molecular complexity index is 1160. The Labute approximate surface area is 193 Å². The molecule has 0 saturated heterocycles. The molecular weight excluding hydrogens is 444 g/mol. The zero-order valence-corrected chi connectivity index (χ0v) is 19.2.